The molecule has 2 aromatic rings. The molecule has 1 fully saturated rings. The van der Waals surface area contributed by atoms with Crippen LogP contribution in [0.2, 0.25) is 5.02 Å². The maximum absolute atomic E-state index is 13.4. The number of carbonyl (C=O) groups is 2. The maximum Gasteiger partial charge on any atom is 0.277 e. The first-order chi connectivity index (χ1) is 14.9. The van der Waals surface area contributed by atoms with Gasteiger partial charge in [0, 0.05) is 24.7 Å². The van der Waals surface area contributed by atoms with E-state index in [1.165, 1.54) is 10.5 Å². The Labute approximate surface area is 189 Å². The molecule has 2 aliphatic rings. The van der Waals surface area contributed by atoms with Gasteiger partial charge in [-0.25, -0.2) is 0 Å². The van der Waals surface area contributed by atoms with E-state index in [9.17, 15) is 9.59 Å². The van der Waals surface area contributed by atoms with Gasteiger partial charge in [0.2, 0.25) is 0 Å². The standard InChI is InChI=1S/C26H29ClN2O2/c1-18(2)17-29-25(30)23(21-8-10-22(27)11-9-21)24(26(29)31)28-14-12-20(13-15-28)16-19-6-4-3-5-7-19/h3-11,18,20H,12-17H2,1-2H3. The molecule has 0 saturated carbocycles. The predicted molar refractivity (Wildman–Crippen MR) is 124 cm³/mol. The molecule has 1 saturated heterocycles. The molecule has 31 heavy (non-hydrogen) atoms. The summed E-state index contributed by atoms with van der Waals surface area (Å²) in [5, 5.41) is 0.614. The van der Waals surface area contributed by atoms with Crippen LogP contribution in [-0.4, -0.2) is 41.2 Å². The number of amides is 2. The zero-order valence-electron chi connectivity index (χ0n) is 18.2. The summed E-state index contributed by atoms with van der Waals surface area (Å²) < 4.78 is 0. The predicted octanol–water partition coefficient (Wildman–Crippen LogP) is 5.03. The van der Waals surface area contributed by atoms with Crippen LogP contribution in [0.5, 0.6) is 0 Å². The normalized spacial score (nSPS) is 17.9. The molecular weight excluding hydrogens is 408 g/mol. The summed E-state index contributed by atoms with van der Waals surface area (Å²) in [5.74, 6) is 0.458. The molecule has 2 aromatic carbocycles. The highest BCUT2D eigenvalue weighted by molar-refractivity contribution is 6.36. The lowest BCUT2D eigenvalue weighted by Crippen LogP contribution is -2.40. The van der Waals surface area contributed by atoms with E-state index in [2.05, 4.69) is 29.2 Å². The molecule has 0 atom stereocenters. The van der Waals surface area contributed by atoms with Crippen LogP contribution in [0.1, 0.15) is 37.8 Å². The highest BCUT2D eigenvalue weighted by Gasteiger charge is 2.42. The van der Waals surface area contributed by atoms with Crippen molar-refractivity contribution in [2.24, 2.45) is 11.8 Å². The minimum Gasteiger partial charge on any atom is -0.366 e. The molecule has 2 amide bonds. The van der Waals surface area contributed by atoms with Crippen LogP contribution in [0.15, 0.2) is 60.3 Å². The average Bonchev–Trinajstić information content (AvgIpc) is 3.00. The Bertz CT molecular complexity index is 974. The Kier molecular flexibility index (Phi) is 6.47. The Balaban J connectivity index is 1.58. The number of benzene rings is 2. The van der Waals surface area contributed by atoms with Crippen molar-refractivity contribution >= 4 is 29.0 Å². The first-order valence-corrected chi connectivity index (χ1v) is 11.5. The van der Waals surface area contributed by atoms with E-state index in [-0.39, 0.29) is 17.7 Å². The molecule has 4 rings (SSSR count). The van der Waals surface area contributed by atoms with Crippen LogP contribution >= 0.6 is 11.6 Å². The van der Waals surface area contributed by atoms with Crippen LogP contribution in [0, 0.1) is 11.8 Å². The number of rotatable bonds is 6. The fourth-order valence-electron chi connectivity index (χ4n) is 4.57. The third kappa shape index (κ3) is 4.69. The van der Waals surface area contributed by atoms with Crippen LogP contribution in [0.4, 0.5) is 0 Å². The van der Waals surface area contributed by atoms with Crippen molar-refractivity contribution in [2.75, 3.05) is 19.6 Å². The molecule has 0 radical (unpaired) electrons. The topological polar surface area (TPSA) is 40.6 Å². The zero-order chi connectivity index (χ0) is 22.0. The molecule has 2 heterocycles. The molecule has 0 aromatic heterocycles. The average molecular weight is 437 g/mol. The van der Waals surface area contributed by atoms with Crippen molar-refractivity contribution in [1.29, 1.82) is 0 Å². The highest BCUT2D eigenvalue weighted by atomic mass is 35.5. The molecule has 2 aliphatic heterocycles. The Morgan fingerprint density at radius 3 is 2.19 bits per heavy atom. The molecule has 4 nitrogen and oxygen atoms in total. The molecular formula is C26H29ClN2O2. The van der Waals surface area contributed by atoms with E-state index >= 15 is 0 Å². The maximum atomic E-state index is 13.4. The number of hydrogen-bond donors (Lipinski definition) is 0. The number of halogens is 1. The Hall–Kier alpha value is -2.59. The quantitative estimate of drug-likeness (QED) is 0.596. The molecule has 5 heteroatoms. The highest BCUT2D eigenvalue weighted by Crippen LogP contribution is 2.35. The number of nitrogens with zero attached hydrogens (tertiary/aromatic N) is 2. The fourth-order valence-corrected chi connectivity index (χ4v) is 4.70. The summed E-state index contributed by atoms with van der Waals surface area (Å²) in [6.07, 6.45) is 3.08. The first-order valence-electron chi connectivity index (χ1n) is 11.1. The molecule has 0 bridgehead atoms. The third-order valence-electron chi connectivity index (χ3n) is 6.12. The SMILES string of the molecule is CC(C)CN1C(=O)C(c2ccc(Cl)cc2)=C(N2CCC(Cc3ccccc3)CC2)C1=O. The van der Waals surface area contributed by atoms with Crippen LogP contribution in [0.25, 0.3) is 5.57 Å². The molecule has 0 N–H and O–H groups in total. The van der Waals surface area contributed by atoms with E-state index in [0.717, 1.165) is 37.9 Å². The minimum absolute atomic E-state index is 0.162. The van der Waals surface area contributed by atoms with Gasteiger partial charge in [-0.15, -0.1) is 0 Å². The zero-order valence-corrected chi connectivity index (χ0v) is 18.9. The lowest BCUT2D eigenvalue weighted by atomic mass is 9.89. The second-order valence-corrected chi connectivity index (χ2v) is 9.40. The van der Waals surface area contributed by atoms with Gasteiger partial charge < -0.3 is 4.90 Å². The van der Waals surface area contributed by atoms with Gasteiger partial charge in [-0.2, -0.15) is 0 Å². The summed E-state index contributed by atoms with van der Waals surface area (Å²) in [7, 11) is 0. The van der Waals surface area contributed by atoms with Gasteiger partial charge in [-0.3, -0.25) is 14.5 Å². The first kappa shape index (κ1) is 21.6. The number of imide groups is 1. The van der Waals surface area contributed by atoms with E-state index in [4.69, 9.17) is 11.6 Å². The molecule has 0 spiro atoms. The molecule has 162 valence electrons. The van der Waals surface area contributed by atoms with E-state index in [1.54, 1.807) is 12.1 Å². The summed E-state index contributed by atoms with van der Waals surface area (Å²) in [4.78, 5) is 30.2. The van der Waals surface area contributed by atoms with Gasteiger partial charge in [0.25, 0.3) is 11.8 Å². The number of piperidine rings is 1. The molecule has 0 unspecified atom stereocenters. The van der Waals surface area contributed by atoms with Crippen molar-refractivity contribution in [3.63, 3.8) is 0 Å². The van der Waals surface area contributed by atoms with Crippen LogP contribution in [-0.2, 0) is 16.0 Å². The van der Waals surface area contributed by atoms with Gasteiger partial charge in [0.15, 0.2) is 0 Å². The summed E-state index contributed by atoms with van der Waals surface area (Å²) in [6.45, 7) is 6.06. The number of carbonyl (C=O) groups excluding carboxylic acids is 2. The van der Waals surface area contributed by atoms with E-state index in [0.29, 0.717) is 28.8 Å². The van der Waals surface area contributed by atoms with Gasteiger partial charge in [0.1, 0.15) is 5.70 Å². The van der Waals surface area contributed by atoms with Crippen molar-refractivity contribution in [1.82, 2.24) is 9.80 Å². The van der Waals surface area contributed by atoms with Gasteiger partial charge in [-0.05, 0) is 54.4 Å². The van der Waals surface area contributed by atoms with Crippen LogP contribution in [0.3, 0.4) is 0 Å². The lowest BCUT2D eigenvalue weighted by molar-refractivity contribution is -0.138. The van der Waals surface area contributed by atoms with Crippen molar-refractivity contribution in [2.45, 2.75) is 33.1 Å². The van der Waals surface area contributed by atoms with Gasteiger partial charge in [0.05, 0.1) is 5.57 Å². The summed E-state index contributed by atoms with van der Waals surface area (Å²) >= 11 is 6.06. The molecule has 0 aliphatic carbocycles. The van der Waals surface area contributed by atoms with Crippen molar-refractivity contribution in [3.8, 4) is 0 Å². The van der Waals surface area contributed by atoms with Crippen molar-refractivity contribution in [3.05, 3.63) is 76.4 Å². The number of likely N-dealkylation sites (tertiary alicyclic amines) is 1. The van der Waals surface area contributed by atoms with Crippen LogP contribution < -0.4 is 0 Å². The largest absolute Gasteiger partial charge is 0.366 e. The van der Waals surface area contributed by atoms with E-state index in [1.807, 2.05) is 32.0 Å². The third-order valence-corrected chi connectivity index (χ3v) is 6.37. The lowest BCUT2D eigenvalue weighted by Gasteiger charge is -2.34. The van der Waals surface area contributed by atoms with Gasteiger partial charge >= 0.3 is 0 Å². The van der Waals surface area contributed by atoms with E-state index < -0.39 is 0 Å². The fraction of sp³-hybridized carbons (Fsp3) is 0.385. The Morgan fingerprint density at radius 1 is 0.935 bits per heavy atom. The summed E-state index contributed by atoms with van der Waals surface area (Å²) in [5.41, 5.74) is 3.20. The second-order valence-electron chi connectivity index (χ2n) is 8.97. The van der Waals surface area contributed by atoms with Gasteiger partial charge in [-0.1, -0.05) is 67.9 Å². The van der Waals surface area contributed by atoms with Crippen molar-refractivity contribution < 1.29 is 9.59 Å². The smallest absolute Gasteiger partial charge is 0.277 e. The second kappa shape index (κ2) is 9.27. The Morgan fingerprint density at radius 2 is 1.58 bits per heavy atom. The minimum atomic E-state index is -0.192. The summed E-state index contributed by atoms with van der Waals surface area (Å²) in [6, 6.07) is 17.8. The monoisotopic (exact) mass is 436 g/mol. The number of hydrogen-bond acceptors (Lipinski definition) is 3.